The molecule has 3 heteroatoms. The molecule has 0 saturated carbocycles. The third-order valence-corrected chi connectivity index (χ3v) is 2.58. The van der Waals surface area contributed by atoms with Crippen LogP contribution in [0.2, 0.25) is 0 Å². The van der Waals surface area contributed by atoms with Gasteiger partial charge in [-0.3, -0.25) is 0 Å². The lowest BCUT2D eigenvalue weighted by atomic mass is 9.94. The maximum Gasteiger partial charge on any atom is 0.145 e. The van der Waals surface area contributed by atoms with Gasteiger partial charge in [-0.05, 0) is 23.0 Å². The van der Waals surface area contributed by atoms with E-state index in [0.29, 0.717) is 24.4 Å². The number of rotatable bonds is 4. The largest absolute Gasteiger partial charge is 0.507 e. The summed E-state index contributed by atoms with van der Waals surface area (Å²) in [6.45, 7) is 8.77. The Morgan fingerprint density at radius 2 is 1.33 bits per heavy atom. The lowest BCUT2D eigenvalue weighted by molar-refractivity contribution is -0.00271. The zero-order chi connectivity index (χ0) is 14.1. The molecule has 0 amide bonds. The van der Waals surface area contributed by atoms with Gasteiger partial charge < -0.3 is 14.6 Å². The van der Waals surface area contributed by atoms with Crippen molar-refractivity contribution < 1.29 is 14.6 Å². The van der Waals surface area contributed by atoms with Crippen LogP contribution in [-0.2, 0) is 9.47 Å². The Morgan fingerprint density at radius 1 is 0.944 bits per heavy atom. The van der Waals surface area contributed by atoms with E-state index in [4.69, 9.17) is 0 Å². The topological polar surface area (TPSA) is 38.7 Å². The van der Waals surface area contributed by atoms with Crippen molar-refractivity contribution in [2.24, 2.45) is 0 Å². The van der Waals surface area contributed by atoms with Gasteiger partial charge in [0.1, 0.15) is 12.5 Å². The van der Waals surface area contributed by atoms with Gasteiger partial charge in [0, 0.05) is 14.2 Å². The first kappa shape index (κ1) is 16.9. The van der Waals surface area contributed by atoms with Crippen LogP contribution >= 0.6 is 0 Å². The van der Waals surface area contributed by atoms with Gasteiger partial charge >= 0.3 is 0 Å². The SMILES string of the molecule is CC(C)c1cccc(C(C)C)c1O.COCOC. The zero-order valence-corrected chi connectivity index (χ0v) is 12.4. The van der Waals surface area contributed by atoms with Crippen LogP contribution in [-0.4, -0.2) is 26.1 Å². The predicted molar refractivity (Wildman–Crippen MR) is 75.2 cm³/mol. The Balaban J connectivity index is 0.000000494. The van der Waals surface area contributed by atoms with E-state index in [1.807, 2.05) is 18.2 Å². The Morgan fingerprint density at radius 3 is 1.56 bits per heavy atom. The molecule has 18 heavy (non-hydrogen) atoms. The van der Waals surface area contributed by atoms with E-state index in [9.17, 15) is 5.11 Å². The van der Waals surface area contributed by atoms with Gasteiger partial charge in [-0.15, -0.1) is 0 Å². The Hall–Kier alpha value is -1.06. The second kappa shape index (κ2) is 8.95. The maximum atomic E-state index is 9.93. The van der Waals surface area contributed by atoms with Gasteiger partial charge in [-0.1, -0.05) is 45.9 Å². The highest BCUT2D eigenvalue weighted by atomic mass is 16.6. The monoisotopic (exact) mass is 254 g/mol. The van der Waals surface area contributed by atoms with Crippen LogP contribution in [0.1, 0.15) is 50.7 Å². The quantitative estimate of drug-likeness (QED) is 0.829. The summed E-state index contributed by atoms with van der Waals surface area (Å²) in [6, 6.07) is 6.00. The lowest BCUT2D eigenvalue weighted by Crippen LogP contribution is -1.94. The molecule has 0 radical (unpaired) electrons. The highest BCUT2D eigenvalue weighted by Crippen LogP contribution is 2.32. The smallest absolute Gasteiger partial charge is 0.145 e. The summed E-state index contributed by atoms with van der Waals surface area (Å²) >= 11 is 0. The fourth-order valence-electron chi connectivity index (χ4n) is 1.63. The molecular weight excluding hydrogens is 228 g/mol. The van der Waals surface area contributed by atoms with Crippen molar-refractivity contribution in [3.8, 4) is 5.75 Å². The number of methoxy groups -OCH3 is 2. The third-order valence-electron chi connectivity index (χ3n) is 2.58. The molecule has 3 nitrogen and oxygen atoms in total. The first-order valence-corrected chi connectivity index (χ1v) is 6.25. The molecule has 0 heterocycles. The Bertz CT molecular complexity index is 304. The standard InChI is InChI=1S/C12H18O.C3H8O2/c1-8(2)10-6-5-7-11(9(3)4)12(10)13;1-4-3-5-2/h5-9,13H,1-4H3;3H2,1-2H3. The third kappa shape index (κ3) is 5.52. The molecule has 0 unspecified atom stereocenters. The molecule has 1 aromatic rings. The van der Waals surface area contributed by atoms with Crippen molar-refractivity contribution >= 4 is 0 Å². The first-order chi connectivity index (χ1) is 8.45. The normalized spacial score (nSPS) is 10.4. The minimum atomic E-state index is 0.388. The molecular formula is C15H26O3. The zero-order valence-electron chi connectivity index (χ0n) is 12.4. The molecule has 0 spiro atoms. The van der Waals surface area contributed by atoms with E-state index in [2.05, 4.69) is 37.2 Å². The van der Waals surface area contributed by atoms with E-state index >= 15 is 0 Å². The second-order valence-corrected chi connectivity index (χ2v) is 4.79. The van der Waals surface area contributed by atoms with Crippen LogP contribution in [0, 0.1) is 0 Å². The van der Waals surface area contributed by atoms with Gasteiger partial charge in [-0.25, -0.2) is 0 Å². The van der Waals surface area contributed by atoms with Crippen LogP contribution in [0.3, 0.4) is 0 Å². The molecule has 104 valence electrons. The van der Waals surface area contributed by atoms with Crippen LogP contribution in [0.25, 0.3) is 0 Å². The van der Waals surface area contributed by atoms with E-state index in [0.717, 1.165) is 11.1 Å². The fourth-order valence-corrected chi connectivity index (χ4v) is 1.63. The van der Waals surface area contributed by atoms with E-state index < -0.39 is 0 Å². The Kier molecular flexibility index (Phi) is 8.42. The highest BCUT2D eigenvalue weighted by molar-refractivity contribution is 5.43. The molecule has 0 fully saturated rings. The minimum absolute atomic E-state index is 0.388. The average molecular weight is 254 g/mol. The average Bonchev–Trinajstić information content (AvgIpc) is 2.30. The summed E-state index contributed by atoms with van der Waals surface area (Å²) in [6.07, 6.45) is 0. The number of ether oxygens (including phenoxy) is 2. The van der Waals surface area contributed by atoms with Crippen molar-refractivity contribution in [1.82, 2.24) is 0 Å². The molecule has 1 aromatic carbocycles. The molecule has 0 aliphatic heterocycles. The number of hydrogen-bond acceptors (Lipinski definition) is 3. The number of phenolic OH excluding ortho intramolecular Hbond substituents is 1. The van der Waals surface area contributed by atoms with Gasteiger partial charge in [0.15, 0.2) is 0 Å². The molecule has 0 aromatic heterocycles. The van der Waals surface area contributed by atoms with Gasteiger partial charge in [0.05, 0.1) is 0 Å². The molecule has 0 aliphatic rings. The molecule has 0 bridgehead atoms. The number of hydrogen-bond donors (Lipinski definition) is 1. The van der Waals surface area contributed by atoms with E-state index in [1.165, 1.54) is 0 Å². The van der Waals surface area contributed by atoms with Crippen molar-refractivity contribution in [2.75, 3.05) is 21.0 Å². The van der Waals surface area contributed by atoms with Crippen molar-refractivity contribution in [3.63, 3.8) is 0 Å². The second-order valence-electron chi connectivity index (χ2n) is 4.79. The van der Waals surface area contributed by atoms with Gasteiger partial charge in [0.25, 0.3) is 0 Å². The summed E-state index contributed by atoms with van der Waals surface area (Å²) in [7, 11) is 3.17. The van der Waals surface area contributed by atoms with E-state index in [1.54, 1.807) is 14.2 Å². The summed E-state index contributed by atoms with van der Waals surface area (Å²) in [4.78, 5) is 0. The maximum absolute atomic E-state index is 9.93. The molecule has 1 N–H and O–H groups in total. The van der Waals surface area contributed by atoms with E-state index in [-0.39, 0.29) is 0 Å². The van der Waals surface area contributed by atoms with Crippen LogP contribution in [0.4, 0.5) is 0 Å². The van der Waals surface area contributed by atoms with Crippen molar-refractivity contribution in [1.29, 1.82) is 0 Å². The molecule has 0 aliphatic carbocycles. The summed E-state index contributed by atoms with van der Waals surface area (Å²) in [5.74, 6) is 1.25. The number of aromatic hydroxyl groups is 1. The Labute approximate surface area is 111 Å². The van der Waals surface area contributed by atoms with Gasteiger partial charge in [0.2, 0.25) is 0 Å². The van der Waals surface area contributed by atoms with Crippen molar-refractivity contribution in [3.05, 3.63) is 29.3 Å². The van der Waals surface area contributed by atoms with Gasteiger partial charge in [-0.2, -0.15) is 0 Å². The molecule has 1 rings (SSSR count). The highest BCUT2D eigenvalue weighted by Gasteiger charge is 2.11. The summed E-state index contributed by atoms with van der Waals surface area (Å²) < 4.78 is 8.94. The number of benzene rings is 1. The first-order valence-electron chi connectivity index (χ1n) is 6.25. The predicted octanol–water partition coefficient (Wildman–Crippen LogP) is 3.88. The number of phenols is 1. The molecule has 0 atom stereocenters. The minimum Gasteiger partial charge on any atom is -0.507 e. The lowest BCUT2D eigenvalue weighted by Gasteiger charge is -2.14. The van der Waals surface area contributed by atoms with Crippen LogP contribution in [0.5, 0.6) is 5.75 Å². The fraction of sp³-hybridized carbons (Fsp3) is 0.600. The molecule has 0 saturated heterocycles. The summed E-state index contributed by atoms with van der Waals surface area (Å²) in [5, 5.41) is 9.93. The summed E-state index contributed by atoms with van der Waals surface area (Å²) in [5.41, 5.74) is 2.09. The number of para-hydroxylation sites is 1. The van der Waals surface area contributed by atoms with Crippen LogP contribution < -0.4 is 0 Å². The van der Waals surface area contributed by atoms with Crippen LogP contribution in [0.15, 0.2) is 18.2 Å². The van der Waals surface area contributed by atoms with Crippen molar-refractivity contribution in [2.45, 2.75) is 39.5 Å².